The van der Waals surface area contributed by atoms with Gasteiger partial charge in [0.2, 0.25) is 9.84 Å². The molecule has 0 aliphatic carbocycles. The van der Waals surface area contributed by atoms with E-state index in [9.17, 15) is 8.42 Å². The van der Waals surface area contributed by atoms with E-state index in [1.54, 1.807) is 20.8 Å². The first-order chi connectivity index (χ1) is 5.26. The minimum absolute atomic E-state index is 0.139. The molecule has 0 spiro atoms. The standard InChI is InChI=1S/C7H10ClNO2S/c1-7(2,3)6-9-4-5(8)12(6,10)11/h4H,1-3H3. The maximum absolute atomic E-state index is 11.4. The minimum Gasteiger partial charge on any atom is -0.246 e. The summed E-state index contributed by atoms with van der Waals surface area (Å²) in [7, 11) is -3.45. The van der Waals surface area contributed by atoms with Crippen molar-refractivity contribution in [1.29, 1.82) is 0 Å². The molecule has 1 aliphatic heterocycles. The van der Waals surface area contributed by atoms with Gasteiger partial charge >= 0.3 is 0 Å². The van der Waals surface area contributed by atoms with Gasteiger partial charge < -0.3 is 0 Å². The van der Waals surface area contributed by atoms with E-state index in [2.05, 4.69) is 4.99 Å². The molecule has 0 bridgehead atoms. The zero-order chi connectivity index (χ0) is 9.57. The molecule has 1 rings (SSSR count). The highest BCUT2D eigenvalue weighted by atomic mass is 35.5. The quantitative estimate of drug-likeness (QED) is 0.609. The van der Waals surface area contributed by atoms with Crippen LogP contribution in [0.4, 0.5) is 0 Å². The van der Waals surface area contributed by atoms with E-state index in [1.807, 2.05) is 0 Å². The van der Waals surface area contributed by atoms with Gasteiger partial charge in [0.25, 0.3) is 0 Å². The fourth-order valence-corrected chi connectivity index (χ4v) is 2.58. The molecule has 0 amide bonds. The lowest BCUT2D eigenvalue weighted by Crippen LogP contribution is -2.26. The molecule has 0 fully saturated rings. The number of aliphatic imine (C=N–C) groups is 1. The summed E-state index contributed by atoms with van der Waals surface area (Å²) in [5, 5.41) is 0.139. The van der Waals surface area contributed by atoms with Crippen LogP contribution in [0.15, 0.2) is 15.6 Å². The Morgan fingerprint density at radius 3 is 2.08 bits per heavy atom. The molecule has 0 aromatic rings. The monoisotopic (exact) mass is 207 g/mol. The first-order valence-corrected chi connectivity index (χ1v) is 5.31. The van der Waals surface area contributed by atoms with Crippen LogP contribution in [0.3, 0.4) is 0 Å². The number of halogens is 1. The molecule has 1 heterocycles. The predicted octanol–water partition coefficient (Wildman–Crippen LogP) is 1.90. The highest BCUT2D eigenvalue weighted by Gasteiger charge is 2.36. The van der Waals surface area contributed by atoms with E-state index in [-0.39, 0.29) is 9.41 Å². The largest absolute Gasteiger partial charge is 0.246 e. The van der Waals surface area contributed by atoms with Gasteiger partial charge in [0.15, 0.2) is 4.36 Å². The third-order valence-corrected chi connectivity index (χ3v) is 3.99. The molecular formula is C7H10ClNO2S. The number of sulfone groups is 1. The number of hydrogen-bond acceptors (Lipinski definition) is 3. The second-order valence-electron chi connectivity index (χ2n) is 3.62. The van der Waals surface area contributed by atoms with E-state index in [0.29, 0.717) is 0 Å². The Hall–Kier alpha value is -0.350. The fraction of sp³-hybridized carbons (Fsp3) is 0.571. The molecule has 0 saturated carbocycles. The molecule has 68 valence electrons. The Kier molecular flexibility index (Phi) is 2.08. The van der Waals surface area contributed by atoms with Gasteiger partial charge in [-0.3, -0.25) is 0 Å². The zero-order valence-corrected chi connectivity index (χ0v) is 8.70. The van der Waals surface area contributed by atoms with Crippen LogP contribution in [0.25, 0.3) is 0 Å². The lowest BCUT2D eigenvalue weighted by atomic mass is 9.99. The van der Waals surface area contributed by atoms with E-state index in [1.165, 1.54) is 6.20 Å². The van der Waals surface area contributed by atoms with Crippen molar-refractivity contribution in [2.24, 2.45) is 10.4 Å². The molecule has 0 radical (unpaired) electrons. The third-order valence-electron chi connectivity index (χ3n) is 1.44. The van der Waals surface area contributed by atoms with Crippen LogP contribution < -0.4 is 0 Å². The lowest BCUT2D eigenvalue weighted by molar-refractivity contribution is 0.582. The summed E-state index contributed by atoms with van der Waals surface area (Å²) in [5.74, 6) is 0. The van der Waals surface area contributed by atoms with Gasteiger partial charge in [-0.05, 0) is 0 Å². The van der Waals surface area contributed by atoms with Crippen molar-refractivity contribution in [3.05, 3.63) is 10.6 Å². The Morgan fingerprint density at radius 2 is 1.92 bits per heavy atom. The van der Waals surface area contributed by atoms with Gasteiger partial charge in [0.05, 0.1) is 6.20 Å². The third kappa shape index (κ3) is 1.41. The van der Waals surface area contributed by atoms with Crippen LogP contribution in [0.1, 0.15) is 20.8 Å². The second-order valence-corrected chi connectivity index (χ2v) is 6.09. The molecule has 0 N–H and O–H groups in total. The topological polar surface area (TPSA) is 46.5 Å². The van der Waals surface area contributed by atoms with E-state index < -0.39 is 15.3 Å². The summed E-state index contributed by atoms with van der Waals surface area (Å²) < 4.78 is 22.6. The van der Waals surface area contributed by atoms with Crippen LogP contribution in [-0.2, 0) is 9.84 Å². The van der Waals surface area contributed by atoms with Gasteiger partial charge in [-0.25, -0.2) is 13.4 Å². The average molecular weight is 208 g/mol. The smallest absolute Gasteiger partial charge is 0.232 e. The van der Waals surface area contributed by atoms with E-state index >= 15 is 0 Å². The Balaban J connectivity index is 3.21. The minimum atomic E-state index is -3.45. The Morgan fingerprint density at radius 1 is 1.42 bits per heavy atom. The van der Waals surface area contributed by atoms with Crippen molar-refractivity contribution >= 4 is 26.5 Å². The predicted molar refractivity (Wildman–Crippen MR) is 49.7 cm³/mol. The summed E-state index contributed by atoms with van der Waals surface area (Å²) in [6.07, 6.45) is 1.18. The zero-order valence-electron chi connectivity index (χ0n) is 7.13. The lowest BCUT2D eigenvalue weighted by Gasteiger charge is -2.17. The first-order valence-electron chi connectivity index (χ1n) is 3.45. The number of nitrogens with zero attached hydrogens (tertiary/aromatic N) is 1. The maximum Gasteiger partial charge on any atom is 0.232 e. The first kappa shape index (κ1) is 9.74. The van der Waals surface area contributed by atoms with Crippen molar-refractivity contribution in [3.63, 3.8) is 0 Å². The van der Waals surface area contributed by atoms with Crippen molar-refractivity contribution in [3.8, 4) is 0 Å². The van der Waals surface area contributed by atoms with Crippen molar-refractivity contribution in [1.82, 2.24) is 0 Å². The van der Waals surface area contributed by atoms with Crippen molar-refractivity contribution in [2.75, 3.05) is 0 Å². The van der Waals surface area contributed by atoms with Gasteiger partial charge in [-0.2, -0.15) is 0 Å². The number of hydrogen-bond donors (Lipinski definition) is 0. The molecule has 5 heteroatoms. The molecule has 12 heavy (non-hydrogen) atoms. The molecule has 0 saturated heterocycles. The molecular weight excluding hydrogens is 198 g/mol. The molecule has 3 nitrogen and oxygen atoms in total. The van der Waals surface area contributed by atoms with Crippen molar-refractivity contribution < 1.29 is 8.42 Å². The highest BCUT2D eigenvalue weighted by molar-refractivity contribution is 8.11. The molecule has 1 aliphatic rings. The average Bonchev–Trinajstić information content (AvgIpc) is 2.06. The van der Waals surface area contributed by atoms with E-state index in [4.69, 9.17) is 11.6 Å². The summed E-state index contributed by atoms with van der Waals surface area (Å²) in [6, 6.07) is 0. The van der Waals surface area contributed by atoms with Gasteiger partial charge in [-0.15, -0.1) is 0 Å². The van der Waals surface area contributed by atoms with Gasteiger partial charge in [-0.1, -0.05) is 32.4 Å². The number of rotatable bonds is 0. The summed E-state index contributed by atoms with van der Waals surface area (Å²) in [5.41, 5.74) is -0.480. The SMILES string of the molecule is CC(C)(C)C1=NC=C(Cl)S1(=O)=O. The van der Waals surface area contributed by atoms with Gasteiger partial charge in [0.1, 0.15) is 5.04 Å². The van der Waals surface area contributed by atoms with Gasteiger partial charge in [0, 0.05) is 5.41 Å². The van der Waals surface area contributed by atoms with E-state index in [0.717, 1.165) is 0 Å². The second kappa shape index (κ2) is 2.57. The molecule has 0 atom stereocenters. The highest BCUT2D eigenvalue weighted by Crippen LogP contribution is 2.30. The van der Waals surface area contributed by atoms with Crippen LogP contribution in [0.2, 0.25) is 0 Å². The van der Waals surface area contributed by atoms with Crippen LogP contribution in [0, 0.1) is 5.41 Å². The summed E-state index contributed by atoms with van der Waals surface area (Å²) in [4.78, 5) is 3.78. The Bertz CT molecular complexity index is 359. The molecule has 0 unspecified atom stereocenters. The van der Waals surface area contributed by atoms with Crippen LogP contribution >= 0.6 is 11.6 Å². The molecule has 0 aromatic heterocycles. The van der Waals surface area contributed by atoms with Crippen LogP contribution in [-0.4, -0.2) is 13.5 Å². The summed E-state index contributed by atoms with van der Waals surface area (Å²) >= 11 is 5.46. The normalized spacial score (nSPS) is 22.0. The summed E-state index contributed by atoms with van der Waals surface area (Å²) in [6.45, 7) is 5.35. The fourth-order valence-electron chi connectivity index (χ4n) is 0.937. The van der Waals surface area contributed by atoms with Crippen molar-refractivity contribution in [2.45, 2.75) is 20.8 Å². The maximum atomic E-state index is 11.4. The van der Waals surface area contributed by atoms with Crippen LogP contribution in [0.5, 0.6) is 0 Å². The Labute approximate surface area is 77.1 Å². The molecule has 0 aromatic carbocycles.